The van der Waals surface area contributed by atoms with E-state index in [1.165, 1.54) is 7.11 Å². The molecule has 0 aliphatic rings. The Morgan fingerprint density at radius 3 is 2.42 bits per heavy atom. The maximum Gasteiger partial charge on any atom is 0.175 e. The Morgan fingerprint density at radius 2 is 1.95 bits per heavy atom. The van der Waals surface area contributed by atoms with E-state index in [-0.39, 0.29) is 6.10 Å². The van der Waals surface area contributed by atoms with Gasteiger partial charge in [-0.1, -0.05) is 5.16 Å². The Kier molecular flexibility index (Phi) is 8.60. The van der Waals surface area contributed by atoms with Gasteiger partial charge in [0.1, 0.15) is 7.11 Å². The number of oxime groups is 1. The van der Waals surface area contributed by atoms with Crippen molar-refractivity contribution in [2.24, 2.45) is 5.16 Å². The van der Waals surface area contributed by atoms with Gasteiger partial charge in [0.15, 0.2) is 11.6 Å². The van der Waals surface area contributed by atoms with Crippen LogP contribution in [0.3, 0.4) is 0 Å². The molecule has 0 aliphatic carbocycles. The molecule has 7 heteroatoms. The molecule has 0 aliphatic heterocycles. The lowest BCUT2D eigenvalue weighted by Gasteiger charge is -2.28. The Balaban J connectivity index is 4.29. The molecule has 114 valence electrons. The number of hydrogen-bond acceptors (Lipinski definition) is 7. The summed E-state index contributed by atoms with van der Waals surface area (Å²) in [6.45, 7) is 7.04. The molecule has 1 atom stereocenters. The molecular weight excluding hydrogens is 270 g/mol. The van der Waals surface area contributed by atoms with Crippen LogP contribution >= 0.6 is 12.9 Å². The van der Waals surface area contributed by atoms with E-state index < -0.39 is 11.6 Å². The molecule has 0 rings (SSSR count). The number of thiol groups is 1. The molecule has 1 unspecified atom stereocenters. The molecule has 0 saturated carbocycles. The average molecular weight is 295 g/mol. The summed E-state index contributed by atoms with van der Waals surface area (Å²) in [6.07, 6.45) is 2.57. The number of hydrogen-bond donors (Lipinski definition) is 2. The van der Waals surface area contributed by atoms with Crippen molar-refractivity contribution in [1.82, 2.24) is 0 Å². The van der Waals surface area contributed by atoms with Crippen LogP contribution in [-0.2, 0) is 18.5 Å². The molecule has 19 heavy (non-hydrogen) atoms. The summed E-state index contributed by atoms with van der Waals surface area (Å²) in [5.74, 6) is -1.97. The van der Waals surface area contributed by atoms with E-state index in [9.17, 15) is 5.11 Å². The van der Waals surface area contributed by atoms with Gasteiger partial charge in [0.2, 0.25) is 0 Å². The van der Waals surface area contributed by atoms with Crippen molar-refractivity contribution < 1.29 is 23.6 Å². The number of aliphatic hydroxyl groups is 1. The maximum atomic E-state index is 9.48. The standard InChI is InChI=1S/C12H25NO5S/c1-11(2,14)16-9-7-10(6-8-13-15-5)17-12(3,4)18-19/h8,10,14,19H,6-7,9H2,1-5H3/b13-8-. The van der Waals surface area contributed by atoms with E-state index in [0.717, 1.165) is 0 Å². The summed E-state index contributed by atoms with van der Waals surface area (Å²) in [4.78, 5) is 4.60. The van der Waals surface area contributed by atoms with Crippen LogP contribution in [0.15, 0.2) is 5.16 Å². The van der Waals surface area contributed by atoms with Gasteiger partial charge in [-0.2, -0.15) is 0 Å². The Morgan fingerprint density at radius 1 is 1.32 bits per heavy atom. The zero-order chi connectivity index (χ0) is 14.9. The maximum absolute atomic E-state index is 9.48. The third-order valence-corrected chi connectivity index (χ3v) is 2.55. The third kappa shape index (κ3) is 11.2. The highest BCUT2D eigenvalue weighted by Crippen LogP contribution is 2.19. The first-order valence-corrected chi connectivity index (χ1v) is 6.48. The van der Waals surface area contributed by atoms with Crippen LogP contribution in [0.5, 0.6) is 0 Å². The van der Waals surface area contributed by atoms with Crippen molar-refractivity contribution in [3.63, 3.8) is 0 Å². The van der Waals surface area contributed by atoms with Gasteiger partial charge in [-0.05, 0) is 47.0 Å². The van der Waals surface area contributed by atoms with Gasteiger partial charge in [-0.3, -0.25) is 4.18 Å². The second kappa shape index (κ2) is 8.76. The number of nitrogens with zero attached hydrogens (tertiary/aromatic N) is 1. The minimum absolute atomic E-state index is 0.177. The van der Waals surface area contributed by atoms with E-state index in [4.69, 9.17) is 13.7 Å². The first-order valence-electron chi connectivity index (χ1n) is 6.12. The summed E-state index contributed by atoms with van der Waals surface area (Å²) in [7, 11) is 1.48. The zero-order valence-corrected chi connectivity index (χ0v) is 13.1. The summed E-state index contributed by atoms with van der Waals surface area (Å²) in [6, 6.07) is 0. The van der Waals surface area contributed by atoms with Crippen LogP contribution in [-0.4, -0.2) is 42.7 Å². The molecule has 0 spiro atoms. The van der Waals surface area contributed by atoms with Gasteiger partial charge in [0.25, 0.3) is 0 Å². The largest absolute Gasteiger partial charge is 0.399 e. The fourth-order valence-corrected chi connectivity index (χ4v) is 1.37. The lowest BCUT2D eigenvalue weighted by atomic mass is 10.2. The molecule has 0 saturated heterocycles. The molecule has 0 bridgehead atoms. The van der Waals surface area contributed by atoms with Crippen LogP contribution in [0, 0.1) is 0 Å². The highest BCUT2D eigenvalue weighted by Gasteiger charge is 2.24. The molecule has 0 aromatic heterocycles. The first kappa shape index (κ1) is 18.7. The molecule has 0 aromatic rings. The Bertz CT molecular complexity index is 265. The zero-order valence-electron chi connectivity index (χ0n) is 12.3. The topological polar surface area (TPSA) is 69.5 Å². The van der Waals surface area contributed by atoms with E-state index in [1.807, 2.05) is 0 Å². The summed E-state index contributed by atoms with van der Waals surface area (Å²) in [5, 5.41) is 13.1. The lowest BCUT2D eigenvalue weighted by molar-refractivity contribution is -0.201. The van der Waals surface area contributed by atoms with Gasteiger partial charge in [0.05, 0.1) is 12.7 Å². The average Bonchev–Trinajstić information content (AvgIpc) is 2.27. The van der Waals surface area contributed by atoms with E-state index >= 15 is 0 Å². The minimum Gasteiger partial charge on any atom is -0.399 e. The van der Waals surface area contributed by atoms with Crippen molar-refractivity contribution in [3.8, 4) is 0 Å². The third-order valence-electron chi connectivity index (χ3n) is 2.11. The fourth-order valence-electron chi connectivity index (χ4n) is 1.32. The molecule has 0 amide bonds. The monoisotopic (exact) mass is 295 g/mol. The summed E-state index contributed by atoms with van der Waals surface area (Å²) >= 11 is 3.77. The van der Waals surface area contributed by atoms with E-state index in [2.05, 4.69) is 22.9 Å². The van der Waals surface area contributed by atoms with Gasteiger partial charge in [-0.15, -0.1) is 0 Å². The summed E-state index contributed by atoms with van der Waals surface area (Å²) < 4.78 is 15.9. The van der Waals surface area contributed by atoms with Gasteiger partial charge in [-0.25, -0.2) is 0 Å². The van der Waals surface area contributed by atoms with E-state index in [1.54, 1.807) is 33.9 Å². The SMILES string of the molecule is CO/N=C\CC(CCOC(C)(C)O)OC(C)(C)OS. The van der Waals surface area contributed by atoms with Gasteiger partial charge < -0.3 is 19.4 Å². The summed E-state index contributed by atoms with van der Waals surface area (Å²) in [5.41, 5.74) is 0. The van der Waals surface area contributed by atoms with Gasteiger partial charge in [0, 0.05) is 12.6 Å². The van der Waals surface area contributed by atoms with Crippen molar-refractivity contribution in [2.45, 2.75) is 58.2 Å². The molecule has 0 heterocycles. The lowest BCUT2D eigenvalue weighted by Crippen LogP contribution is -2.33. The second-order valence-electron chi connectivity index (χ2n) is 5.02. The molecular formula is C12H25NO5S. The smallest absolute Gasteiger partial charge is 0.175 e. The van der Waals surface area contributed by atoms with Gasteiger partial charge >= 0.3 is 0 Å². The molecule has 6 nitrogen and oxygen atoms in total. The highest BCUT2D eigenvalue weighted by atomic mass is 32.1. The van der Waals surface area contributed by atoms with Crippen molar-refractivity contribution in [3.05, 3.63) is 0 Å². The van der Waals surface area contributed by atoms with Crippen LogP contribution in [0.4, 0.5) is 0 Å². The predicted octanol–water partition coefficient (Wildman–Crippen LogP) is 2.13. The van der Waals surface area contributed by atoms with Crippen molar-refractivity contribution >= 4 is 19.1 Å². The number of rotatable bonds is 10. The van der Waals surface area contributed by atoms with Crippen molar-refractivity contribution in [2.75, 3.05) is 13.7 Å². The normalized spacial score (nSPS) is 14.9. The van der Waals surface area contributed by atoms with Crippen LogP contribution in [0.1, 0.15) is 40.5 Å². The van der Waals surface area contributed by atoms with Crippen molar-refractivity contribution in [1.29, 1.82) is 0 Å². The molecule has 0 fully saturated rings. The minimum atomic E-state index is -1.15. The Labute approximate surface area is 120 Å². The fraction of sp³-hybridized carbons (Fsp3) is 0.917. The van der Waals surface area contributed by atoms with Crippen LogP contribution in [0.25, 0.3) is 0 Å². The second-order valence-corrected chi connectivity index (χ2v) is 5.20. The van der Waals surface area contributed by atoms with Crippen LogP contribution < -0.4 is 0 Å². The first-order chi connectivity index (χ1) is 8.70. The highest BCUT2D eigenvalue weighted by molar-refractivity contribution is 7.75. The number of ether oxygens (including phenoxy) is 2. The molecule has 1 N–H and O–H groups in total. The molecule has 0 aromatic carbocycles. The quantitative estimate of drug-likeness (QED) is 0.212. The van der Waals surface area contributed by atoms with E-state index in [0.29, 0.717) is 19.4 Å². The van der Waals surface area contributed by atoms with Crippen LogP contribution in [0.2, 0.25) is 0 Å². The predicted molar refractivity (Wildman–Crippen MR) is 76.0 cm³/mol. The Hall–Kier alpha value is -0.340. The molecule has 0 radical (unpaired) electrons.